The Hall–Kier alpha value is -0.820. The fourth-order valence-corrected chi connectivity index (χ4v) is 3.91. The second-order valence-corrected chi connectivity index (χ2v) is 7.32. The molecule has 5 heteroatoms. The van der Waals surface area contributed by atoms with Crippen molar-refractivity contribution in [2.45, 2.75) is 32.6 Å². The van der Waals surface area contributed by atoms with Gasteiger partial charge in [-0.2, -0.15) is 0 Å². The highest BCUT2D eigenvalue weighted by Crippen LogP contribution is 2.19. The fourth-order valence-electron chi connectivity index (χ4n) is 3.91. The van der Waals surface area contributed by atoms with Crippen molar-refractivity contribution in [1.82, 2.24) is 15.1 Å². The van der Waals surface area contributed by atoms with E-state index < -0.39 is 0 Å². The molecule has 0 aromatic heterocycles. The van der Waals surface area contributed by atoms with Crippen LogP contribution in [-0.4, -0.2) is 62.1 Å². The van der Waals surface area contributed by atoms with Gasteiger partial charge in [0.25, 0.3) is 0 Å². The highest BCUT2D eigenvalue weighted by atomic mass is 127. The molecule has 1 aromatic carbocycles. The third kappa shape index (κ3) is 6.13. The number of hydrogen-bond acceptors (Lipinski definition) is 2. The molecule has 1 unspecified atom stereocenters. The van der Waals surface area contributed by atoms with Gasteiger partial charge in [-0.15, -0.1) is 24.0 Å². The first-order valence-electron chi connectivity index (χ1n) is 9.48. The summed E-state index contributed by atoms with van der Waals surface area (Å²) < 4.78 is 0. The van der Waals surface area contributed by atoms with E-state index in [1.54, 1.807) is 0 Å². The highest BCUT2D eigenvalue weighted by Gasteiger charge is 2.27. The van der Waals surface area contributed by atoms with Crippen LogP contribution in [0.5, 0.6) is 0 Å². The molecule has 3 rings (SSSR count). The van der Waals surface area contributed by atoms with Gasteiger partial charge in [0.15, 0.2) is 5.96 Å². The van der Waals surface area contributed by atoms with Crippen LogP contribution in [-0.2, 0) is 6.42 Å². The van der Waals surface area contributed by atoms with Gasteiger partial charge in [-0.25, -0.2) is 0 Å². The number of likely N-dealkylation sites (tertiary alicyclic amines) is 2. The Labute approximate surface area is 170 Å². The molecule has 2 aliphatic heterocycles. The molecule has 0 amide bonds. The standard InChI is InChI=1S/C20H32N4.HI/c1-17-5-7-18(8-6-17)9-11-22-20(21-2)24-14-10-19(16-24)15-23-12-3-4-13-23;/h5-8,19H,3-4,9-16H2,1-2H3,(H,21,22);1H. The minimum Gasteiger partial charge on any atom is -0.356 e. The summed E-state index contributed by atoms with van der Waals surface area (Å²) in [5.74, 6) is 1.88. The lowest BCUT2D eigenvalue weighted by molar-refractivity contribution is 0.281. The summed E-state index contributed by atoms with van der Waals surface area (Å²) in [5.41, 5.74) is 2.71. The van der Waals surface area contributed by atoms with E-state index in [0.29, 0.717) is 0 Å². The molecular formula is C20H33IN4. The molecule has 0 bridgehead atoms. The van der Waals surface area contributed by atoms with Crippen molar-refractivity contribution in [3.63, 3.8) is 0 Å². The molecular weight excluding hydrogens is 423 g/mol. The van der Waals surface area contributed by atoms with Gasteiger partial charge < -0.3 is 15.1 Å². The van der Waals surface area contributed by atoms with Crippen molar-refractivity contribution in [2.75, 3.05) is 46.3 Å². The Morgan fingerprint density at radius 2 is 1.88 bits per heavy atom. The molecule has 25 heavy (non-hydrogen) atoms. The van der Waals surface area contributed by atoms with Gasteiger partial charge >= 0.3 is 0 Å². The van der Waals surface area contributed by atoms with Crippen LogP contribution in [0.1, 0.15) is 30.4 Å². The lowest BCUT2D eigenvalue weighted by Gasteiger charge is -2.23. The number of aryl methyl sites for hydroxylation is 1. The second kappa shape index (κ2) is 10.4. The third-order valence-corrected chi connectivity index (χ3v) is 5.33. The molecule has 140 valence electrons. The number of guanidine groups is 1. The van der Waals surface area contributed by atoms with Crippen molar-refractivity contribution in [1.29, 1.82) is 0 Å². The molecule has 2 fully saturated rings. The number of benzene rings is 1. The topological polar surface area (TPSA) is 30.9 Å². The summed E-state index contributed by atoms with van der Waals surface area (Å²) in [5, 5.41) is 3.55. The summed E-state index contributed by atoms with van der Waals surface area (Å²) in [6, 6.07) is 8.82. The molecule has 0 spiro atoms. The average molecular weight is 456 g/mol. The van der Waals surface area contributed by atoms with Crippen LogP contribution in [0, 0.1) is 12.8 Å². The van der Waals surface area contributed by atoms with Crippen molar-refractivity contribution < 1.29 is 0 Å². The maximum absolute atomic E-state index is 4.50. The largest absolute Gasteiger partial charge is 0.356 e. The van der Waals surface area contributed by atoms with Crippen molar-refractivity contribution in [3.05, 3.63) is 35.4 Å². The van der Waals surface area contributed by atoms with E-state index in [2.05, 4.69) is 51.3 Å². The van der Waals surface area contributed by atoms with Crippen LogP contribution in [0.15, 0.2) is 29.3 Å². The van der Waals surface area contributed by atoms with Gasteiger partial charge in [0.1, 0.15) is 0 Å². The van der Waals surface area contributed by atoms with E-state index in [9.17, 15) is 0 Å². The zero-order valence-corrected chi connectivity index (χ0v) is 18.0. The minimum atomic E-state index is 0. The molecule has 1 aromatic rings. The van der Waals surface area contributed by atoms with E-state index in [-0.39, 0.29) is 24.0 Å². The molecule has 0 radical (unpaired) electrons. The quantitative estimate of drug-likeness (QED) is 0.420. The Morgan fingerprint density at radius 3 is 2.56 bits per heavy atom. The van der Waals surface area contributed by atoms with Crippen LogP contribution in [0.2, 0.25) is 0 Å². The van der Waals surface area contributed by atoms with Crippen LogP contribution in [0.4, 0.5) is 0 Å². The van der Waals surface area contributed by atoms with E-state index in [0.717, 1.165) is 37.9 Å². The molecule has 2 heterocycles. The molecule has 1 N–H and O–H groups in total. The van der Waals surface area contributed by atoms with Gasteiger partial charge in [0.2, 0.25) is 0 Å². The number of nitrogens with zero attached hydrogens (tertiary/aromatic N) is 3. The molecule has 1 atom stereocenters. The summed E-state index contributed by atoms with van der Waals surface area (Å²) in [7, 11) is 1.90. The first-order chi connectivity index (χ1) is 11.7. The summed E-state index contributed by atoms with van der Waals surface area (Å²) >= 11 is 0. The van der Waals surface area contributed by atoms with Gasteiger partial charge in [-0.3, -0.25) is 4.99 Å². The molecule has 0 saturated carbocycles. The number of hydrogen-bond donors (Lipinski definition) is 1. The zero-order valence-electron chi connectivity index (χ0n) is 15.7. The van der Waals surface area contributed by atoms with Crippen LogP contribution >= 0.6 is 24.0 Å². The van der Waals surface area contributed by atoms with E-state index in [1.165, 1.54) is 50.0 Å². The summed E-state index contributed by atoms with van der Waals surface area (Å²) in [6.45, 7) is 9.26. The van der Waals surface area contributed by atoms with Crippen LogP contribution in [0.3, 0.4) is 0 Å². The van der Waals surface area contributed by atoms with E-state index >= 15 is 0 Å². The zero-order chi connectivity index (χ0) is 16.8. The predicted octanol–water partition coefficient (Wildman–Crippen LogP) is 3.15. The summed E-state index contributed by atoms with van der Waals surface area (Å²) in [6.07, 6.45) is 5.12. The van der Waals surface area contributed by atoms with Gasteiger partial charge in [0.05, 0.1) is 0 Å². The van der Waals surface area contributed by atoms with Crippen LogP contribution in [0.25, 0.3) is 0 Å². The normalized spacial score (nSPS) is 21.4. The monoisotopic (exact) mass is 456 g/mol. The highest BCUT2D eigenvalue weighted by molar-refractivity contribution is 14.0. The van der Waals surface area contributed by atoms with Gasteiger partial charge in [-0.1, -0.05) is 29.8 Å². The first kappa shape index (κ1) is 20.5. The Morgan fingerprint density at radius 1 is 1.16 bits per heavy atom. The average Bonchev–Trinajstić information content (AvgIpc) is 3.26. The smallest absolute Gasteiger partial charge is 0.193 e. The summed E-state index contributed by atoms with van der Waals surface area (Å²) in [4.78, 5) is 9.58. The molecule has 2 aliphatic rings. The van der Waals surface area contributed by atoms with Crippen molar-refractivity contribution >= 4 is 29.9 Å². The maximum atomic E-state index is 4.50. The first-order valence-corrected chi connectivity index (χ1v) is 9.48. The number of halogens is 1. The fraction of sp³-hybridized carbons (Fsp3) is 0.650. The number of rotatable bonds is 5. The lowest BCUT2D eigenvalue weighted by Crippen LogP contribution is -2.41. The second-order valence-electron chi connectivity index (χ2n) is 7.32. The van der Waals surface area contributed by atoms with Gasteiger partial charge in [0, 0.05) is 33.2 Å². The Bertz CT molecular complexity index is 537. The van der Waals surface area contributed by atoms with Gasteiger partial charge in [-0.05, 0) is 57.2 Å². The minimum absolute atomic E-state index is 0. The maximum Gasteiger partial charge on any atom is 0.193 e. The van der Waals surface area contributed by atoms with Crippen molar-refractivity contribution in [2.24, 2.45) is 10.9 Å². The molecule has 2 saturated heterocycles. The molecule has 0 aliphatic carbocycles. The number of nitrogens with one attached hydrogen (secondary N) is 1. The lowest BCUT2D eigenvalue weighted by atomic mass is 10.1. The number of aliphatic imine (C=N–C) groups is 1. The SMILES string of the molecule is CN=C(NCCc1ccc(C)cc1)N1CCC(CN2CCCC2)C1.I. The predicted molar refractivity (Wildman–Crippen MR) is 117 cm³/mol. The van der Waals surface area contributed by atoms with E-state index in [1.807, 2.05) is 7.05 Å². The molecule has 4 nitrogen and oxygen atoms in total. The Kier molecular flexibility index (Phi) is 8.49. The third-order valence-electron chi connectivity index (χ3n) is 5.33. The Balaban J connectivity index is 0.00000225. The van der Waals surface area contributed by atoms with Crippen LogP contribution < -0.4 is 5.32 Å². The van der Waals surface area contributed by atoms with E-state index in [4.69, 9.17) is 0 Å². The van der Waals surface area contributed by atoms with Crippen molar-refractivity contribution in [3.8, 4) is 0 Å².